The molecule has 4 rings (SSSR count). The van der Waals surface area contributed by atoms with Crippen molar-refractivity contribution < 1.29 is 18.0 Å². The number of amides is 1. The third kappa shape index (κ3) is 4.12. The molecule has 0 spiro atoms. The monoisotopic (exact) mass is 492 g/mol. The molecule has 6 nitrogen and oxygen atoms in total. The van der Waals surface area contributed by atoms with Crippen LogP contribution in [-0.4, -0.2) is 31.3 Å². The Morgan fingerprint density at radius 1 is 1.06 bits per heavy atom. The number of aromatic amines is 1. The third-order valence-electron chi connectivity index (χ3n) is 4.57. The van der Waals surface area contributed by atoms with Gasteiger partial charge in [-0.3, -0.25) is 9.59 Å². The van der Waals surface area contributed by atoms with Crippen molar-refractivity contribution in [2.75, 3.05) is 11.6 Å². The molecule has 0 saturated carbocycles. The summed E-state index contributed by atoms with van der Waals surface area (Å²) in [7, 11) is -3.58. The summed E-state index contributed by atoms with van der Waals surface area (Å²) in [5, 5.41) is 4.93. The molecule has 0 aliphatic rings. The first-order valence-corrected chi connectivity index (χ1v) is 12.4. The molecule has 0 bridgehead atoms. The molecule has 0 unspecified atom stereocenters. The molecule has 0 atom stereocenters. The van der Waals surface area contributed by atoms with Crippen LogP contribution in [0.5, 0.6) is 0 Å². The van der Waals surface area contributed by atoms with Crippen LogP contribution in [0.15, 0.2) is 58.8 Å². The number of sulfone groups is 1. The van der Waals surface area contributed by atoms with Crippen molar-refractivity contribution in [1.29, 1.82) is 0 Å². The molecule has 0 saturated heterocycles. The van der Waals surface area contributed by atoms with Crippen molar-refractivity contribution in [3.05, 3.63) is 80.1 Å². The molecule has 158 valence electrons. The molecular formula is C21H14Cl2N2O4S2. The average molecular weight is 493 g/mol. The first-order valence-electron chi connectivity index (χ1n) is 8.86. The highest BCUT2D eigenvalue weighted by atomic mass is 35.5. The summed E-state index contributed by atoms with van der Waals surface area (Å²) >= 11 is 13.2. The summed E-state index contributed by atoms with van der Waals surface area (Å²) in [6.07, 6.45) is 1.02. The van der Waals surface area contributed by atoms with Gasteiger partial charge in [0.2, 0.25) is 5.78 Å². The van der Waals surface area contributed by atoms with Crippen LogP contribution in [-0.2, 0) is 9.84 Å². The van der Waals surface area contributed by atoms with E-state index in [1.165, 1.54) is 5.38 Å². The Kier molecular flexibility index (Phi) is 5.65. The van der Waals surface area contributed by atoms with Gasteiger partial charge in [-0.2, -0.15) is 0 Å². The van der Waals surface area contributed by atoms with Gasteiger partial charge >= 0.3 is 0 Å². The fraction of sp³-hybridized carbons (Fsp3) is 0.0476. The maximum absolute atomic E-state index is 13.1. The van der Waals surface area contributed by atoms with Crippen LogP contribution in [0, 0.1) is 0 Å². The van der Waals surface area contributed by atoms with Gasteiger partial charge in [0, 0.05) is 33.1 Å². The average Bonchev–Trinajstić information content (AvgIpc) is 3.28. The normalized spacial score (nSPS) is 11.6. The number of hydrogen-bond acceptors (Lipinski definition) is 5. The van der Waals surface area contributed by atoms with Gasteiger partial charge in [0.05, 0.1) is 15.6 Å². The molecule has 0 radical (unpaired) electrons. The van der Waals surface area contributed by atoms with Crippen molar-refractivity contribution in [1.82, 2.24) is 4.98 Å². The van der Waals surface area contributed by atoms with Gasteiger partial charge < -0.3 is 10.3 Å². The van der Waals surface area contributed by atoms with Crippen LogP contribution in [0.25, 0.3) is 10.9 Å². The Bertz CT molecular complexity index is 1440. The molecule has 31 heavy (non-hydrogen) atoms. The van der Waals surface area contributed by atoms with Gasteiger partial charge in [-0.1, -0.05) is 53.5 Å². The van der Waals surface area contributed by atoms with E-state index in [-0.39, 0.29) is 32.0 Å². The summed E-state index contributed by atoms with van der Waals surface area (Å²) in [5.41, 5.74) is 1.43. The lowest BCUT2D eigenvalue weighted by atomic mass is 10.1. The van der Waals surface area contributed by atoms with E-state index in [2.05, 4.69) is 10.3 Å². The van der Waals surface area contributed by atoms with Gasteiger partial charge in [0.1, 0.15) is 10.6 Å². The molecule has 0 aliphatic heterocycles. The first kappa shape index (κ1) is 21.6. The molecular weight excluding hydrogens is 479 g/mol. The summed E-state index contributed by atoms with van der Waals surface area (Å²) in [4.78, 5) is 29.0. The number of nitrogens with one attached hydrogen (secondary N) is 2. The number of benzene rings is 2. The SMILES string of the molecule is CS(=O)(=O)c1csc(C(=O)Nc2c(C(=O)c3ccccc3)[nH]c3cc(Cl)ccc23)c1Cl. The van der Waals surface area contributed by atoms with E-state index >= 15 is 0 Å². The number of carbonyl (C=O) groups excluding carboxylic acids is 2. The fourth-order valence-electron chi connectivity index (χ4n) is 3.11. The Labute approximate surface area is 191 Å². The van der Waals surface area contributed by atoms with Crippen LogP contribution >= 0.6 is 34.5 Å². The first-order chi connectivity index (χ1) is 14.7. The van der Waals surface area contributed by atoms with Gasteiger partial charge in [-0.25, -0.2) is 8.42 Å². The molecule has 2 N–H and O–H groups in total. The number of anilines is 1. The summed E-state index contributed by atoms with van der Waals surface area (Å²) in [5.74, 6) is -0.944. The van der Waals surface area contributed by atoms with Crippen LogP contribution in [0.3, 0.4) is 0 Å². The van der Waals surface area contributed by atoms with E-state index in [0.717, 1.165) is 17.6 Å². The molecule has 2 aromatic heterocycles. The van der Waals surface area contributed by atoms with Crippen LogP contribution in [0.4, 0.5) is 5.69 Å². The lowest BCUT2D eigenvalue weighted by molar-refractivity contribution is 0.103. The predicted molar refractivity (Wildman–Crippen MR) is 124 cm³/mol. The number of fused-ring (bicyclic) bond motifs is 1. The van der Waals surface area contributed by atoms with Crippen molar-refractivity contribution in [3.8, 4) is 0 Å². The summed E-state index contributed by atoms with van der Waals surface area (Å²) < 4.78 is 23.7. The number of halogens is 2. The zero-order valence-corrected chi connectivity index (χ0v) is 19.0. The summed E-state index contributed by atoms with van der Waals surface area (Å²) in [6, 6.07) is 13.6. The van der Waals surface area contributed by atoms with Crippen molar-refractivity contribution >= 4 is 72.7 Å². The molecule has 2 aromatic carbocycles. The molecule has 0 aliphatic carbocycles. The van der Waals surface area contributed by atoms with Gasteiger partial charge in [-0.05, 0) is 18.2 Å². The van der Waals surface area contributed by atoms with E-state index in [1.807, 2.05) is 0 Å². The minimum absolute atomic E-state index is 0.0310. The van der Waals surface area contributed by atoms with Gasteiger partial charge in [0.25, 0.3) is 5.91 Å². The van der Waals surface area contributed by atoms with E-state index in [9.17, 15) is 18.0 Å². The second-order valence-corrected chi connectivity index (χ2v) is 10.4. The van der Waals surface area contributed by atoms with Gasteiger partial charge in [0.15, 0.2) is 9.84 Å². The number of thiophene rings is 1. The van der Waals surface area contributed by atoms with E-state index in [0.29, 0.717) is 21.5 Å². The summed E-state index contributed by atoms with van der Waals surface area (Å²) in [6.45, 7) is 0. The van der Waals surface area contributed by atoms with E-state index < -0.39 is 15.7 Å². The van der Waals surface area contributed by atoms with E-state index in [1.54, 1.807) is 48.5 Å². The largest absolute Gasteiger partial charge is 0.350 e. The number of carbonyl (C=O) groups is 2. The van der Waals surface area contributed by atoms with Crippen molar-refractivity contribution in [3.63, 3.8) is 0 Å². The van der Waals surface area contributed by atoms with Crippen molar-refractivity contribution in [2.24, 2.45) is 0 Å². The highest BCUT2D eigenvalue weighted by Gasteiger charge is 2.25. The minimum atomic E-state index is -3.58. The quantitative estimate of drug-likeness (QED) is 0.363. The molecule has 2 heterocycles. The maximum Gasteiger partial charge on any atom is 0.267 e. The third-order valence-corrected chi connectivity index (χ3v) is 7.67. The Morgan fingerprint density at radius 3 is 2.42 bits per heavy atom. The molecule has 10 heteroatoms. The molecule has 0 fully saturated rings. The van der Waals surface area contributed by atoms with E-state index in [4.69, 9.17) is 23.2 Å². The maximum atomic E-state index is 13.1. The van der Waals surface area contributed by atoms with Crippen molar-refractivity contribution in [2.45, 2.75) is 4.90 Å². The second-order valence-electron chi connectivity index (χ2n) is 6.73. The Balaban J connectivity index is 1.81. The van der Waals surface area contributed by atoms with Crippen LogP contribution in [0.2, 0.25) is 10.0 Å². The zero-order valence-electron chi connectivity index (χ0n) is 15.9. The fourth-order valence-corrected chi connectivity index (χ4v) is 6.09. The lowest BCUT2D eigenvalue weighted by Gasteiger charge is -2.07. The molecule has 1 amide bonds. The Morgan fingerprint density at radius 2 is 1.77 bits per heavy atom. The lowest BCUT2D eigenvalue weighted by Crippen LogP contribution is -2.14. The number of H-pyrrole nitrogens is 1. The Hall–Kier alpha value is -2.65. The zero-order chi connectivity index (χ0) is 22.3. The molecule has 4 aromatic rings. The standard InChI is InChI=1S/C21H14Cl2N2O4S2/c1-31(28,29)15-10-30-20(16(15)23)21(27)25-17-13-8-7-12(22)9-14(13)24-18(17)19(26)11-5-3-2-4-6-11/h2-10,24H,1H3,(H,25,27). The number of rotatable bonds is 5. The number of aromatic nitrogens is 1. The second kappa shape index (κ2) is 8.12. The van der Waals surface area contributed by atoms with Gasteiger partial charge in [-0.15, -0.1) is 11.3 Å². The smallest absolute Gasteiger partial charge is 0.267 e. The van der Waals surface area contributed by atoms with Crippen LogP contribution < -0.4 is 5.32 Å². The highest BCUT2D eigenvalue weighted by Crippen LogP contribution is 2.35. The predicted octanol–water partition coefficient (Wildman–Crippen LogP) is 5.42. The highest BCUT2D eigenvalue weighted by molar-refractivity contribution is 7.91. The van der Waals surface area contributed by atoms with Crippen LogP contribution in [0.1, 0.15) is 25.7 Å². The minimum Gasteiger partial charge on any atom is -0.350 e. The number of hydrogen-bond donors (Lipinski definition) is 2. The topological polar surface area (TPSA) is 96.1 Å². The number of ketones is 1.